The summed E-state index contributed by atoms with van der Waals surface area (Å²) < 4.78 is 4.72. The molecule has 104 valence electrons. The molecule has 0 N–H and O–H groups in total. The molecule has 0 aromatic carbocycles. The third-order valence-corrected chi connectivity index (χ3v) is 2.87. The Bertz CT molecular complexity index is 303. The first kappa shape index (κ1) is 16.5. The van der Waals surface area contributed by atoms with Crippen LogP contribution in [0.3, 0.4) is 0 Å². The molecule has 0 radical (unpaired) electrons. The maximum Gasteiger partial charge on any atom is 0.306 e. The van der Waals surface area contributed by atoms with Crippen molar-refractivity contribution < 1.29 is 19.2 Å². The summed E-state index contributed by atoms with van der Waals surface area (Å²) >= 11 is 0. The van der Waals surface area contributed by atoms with Crippen LogP contribution in [0.5, 0.6) is 0 Å². The van der Waals surface area contributed by atoms with Gasteiger partial charge in [0.1, 0.15) is 5.78 Å². The molecule has 2 unspecified atom stereocenters. The van der Waals surface area contributed by atoms with Crippen LogP contribution < -0.4 is 0 Å². The zero-order valence-corrected chi connectivity index (χ0v) is 11.2. The largest absolute Gasteiger partial charge is 0.466 e. The molecule has 0 rings (SSSR count). The number of hydrogen-bond donors (Lipinski definition) is 0. The van der Waals surface area contributed by atoms with Crippen molar-refractivity contribution in [3.8, 4) is 0 Å². The Kier molecular flexibility index (Phi) is 7.91. The van der Waals surface area contributed by atoms with Crippen molar-refractivity contribution in [1.29, 1.82) is 0 Å². The number of nitrogens with zero attached hydrogens (tertiary/aromatic N) is 1. The van der Waals surface area contributed by atoms with E-state index in [1.807, 2.05) is 6.92 Å². The molecule has 6 heteroatoms. The number of hydrogen-bond acceptors (Lipinski definition) is 5. The second-order valence-electron chi connectivity index (χ2n) is 4.52. The van der Waals surface area contributed by atoms with Gasteiger partial charge in [0.25, 0.3) is 0 Å². The normalized spacial score (nSPS) is 13.7. The molecule has 0 aliphatic rings. The van der Waals surface area contributed by atoms with Gasteiger partial charge in [0.2, 0.25) is 6.54 Å². The van der Waals surface area contributed by atoms with Gasteiger partial charge in [0.05, 0.1) is 13.0 Å². The summed E-state index contributed by atoms with van der Waals surface area (Å²) in [5, 5.41) is 10.3. The minimum atomic E-state index is -0.378. The first-order valence-corrected chi connectivity index (χ1v) is 6.15. The van der Waals surface area contributed by atoms with Crippen molar-refractivity contribution in [2.24, 2.45) is 11.8 Å². The van der Waals surface area contributed by atoms with E-state index < -0.39 is 0 Å². The molecule has 0 heterocycles. The second-order valence-corrected chi connectivity index (χ2v) is 4.52. The smallest absolute Gasteiger partial charge is 0.306 e. The van der Waals surface area contributed by atoms with E-state index in [1.165, 1.54) is 0 Å². The van der Waals surface area contributed by atoms with Crippen molar-refractivity contribution in [2.45, 2.75) is 40.0 Å². The van der Waals surface area contributed by atoms with Gasteiger partial charge in [-0.1, -0.05) is 13.8 Å². The van der Waals surface area contributed by atoms with Crippen LogP contribution in [-0.2, 0) is 14.3 Å². The highest BCUT2D eigenvalue weighted by molar-refractivity contribution is 5.83. The molecule has 0 aromatic heterocycles. The molecule has 0 aliphatic carbocycles. The van der Waals surface area contributed by atoms with Crippen LogP contribution in [0.2, 0.25) is 0 Å². The maximum absolute atomic E-state index is 11.6. The van der Waals surface area contributed by atoms with Crippen LogP contribution in [0.15, 0.2) is 0 Å². The van der Waals surface area contributed by atoms with E-state index in [0.717, 1.165) is 0 Å². The van der Waals surface area contributed by atoms with Gasteiger partial charge < -0.3 is 4.74 Å². The van der Waals surface area contributed by atoms with Crippen LogP contribution in [0.4, 0.5) is 0 Å². The number of carbonyl (C=O) groups excluding carboxylic acids is 2. The van der Waals surface area contributed by atoms with Gasteiger partial charge in [-0.3, -0.25) is 19.7 Å². The van der Waals surface area contributed by atoms with Gasteiger partial charge in [0.15, 0.2) is 0 Å². The lowest BCUT2D eigenvalue weighted by Crippen LogP contribution is -2.21. The van der Waals surface area contributed by atoms with Crippen molar-refractivity contribution in [3.63, 3.8) is 0 Å². The Morgan fingerprint density at radius 1 is 1.22 bits per heavy atom. The van der Waals surface area contributed by atoms with Crippen molar-refractivity contribution in [1.82, 2.24) is 0 Å². The zero-order chi connectivity index (χ0) is 14.1. The molecule has 0 saturated carbocycles. The Hall–Kier alpha value is -1.46. The number of carbonyl (C=O) groups is 2. The predicted octanol–water partition coefficient (Wildman–Crippen LogP) is 1.84. The molecule has 6 nitrogen and oxygen atoms in total. The van der Waals surface area contributed by atoms with E-state index in [1.54, 1.807) is 13.8 Å². The molecular formula is C12H21NO5. The monoisotopic (exact) mass is 259 g/mol. The van der Waals surface area contributed by atoms with Gasteiger partial charge in [0, 0.05) is 23.7 Å². The minimum absolute atomic E-state index is 0.0502. The topological polar surface area (TPSA) is 86.5 Å². The minimum Gasteiger partial charge on any atom is -0.466 e. The van der Waals surface area contributed by atoms with Crippen molar-refractivity contribution in [3.05, 3.63) is 10.1 Å². The number of esters is 1. The van der Waals surface area contributed by atoms with Crippen LogP contribution in [-0.4, -0.2) is 29.8 Å². The molecule has 0 spiro atoms. The van der Waals surface area contributed by atoms with E-state index >= 15 is 0 Å². The van der Waals surface area contributed by atoms with E-state index in [-0.39, 0.29) is 54.3 Å². The Morgan fingerprint density at radius 2 is 1.83 bits per heavy atom. The summed E-state index contributed by atoms with van der Waals surface area (Å²) in [4.78, 5) is 32.6. The first-order valence-electron chi connectivity index (χ1n) is 6.15. The van der Waals surface area contributed by atoms with E-state index in [2.05, 4.69) is 0 Å². The molecule has 18 heavy (non-hydrogen) atoms. The van der Waals surface area contributed by atoms with Gasteiger partial charge in [-0.15, -0.1) is 0 Å². The van der Waals surface area contributed by atoms with Crippen molar-refractivity contribution in [2.75, 3.05) is 13.2 Å². The molecule has 0 aromatic rings. The summed E-state index contributed by atoms with van der Waals surface area (Å²) in [5.41, 5.74) is 0. The molecule has 0 bridgehead atoms. The fraction of sp³-hybridized carbons (Fsp3) is 0.833. The number of ketones is 1. The quantitative estimate of drug-likeness (QED) is 0.358. The van der Waals surface area contributed by atoms with E-state index in [0.29, 0.717) is 6.61 Å². The summed E-state index contributed by atoms with van der Waals surface area (Å²) in [5.74, 6) is -0.626. The first-order chi connectivity index (χ1) is 8.36. The van der Waals surface area contributed by atoms with Gasteiger partial charge in [-0.25, -0.2) is 0 Å². The Morgan fingerprint density at radius 3 is 2.33 bits per heavy atom. The molecule has 2 atom stereocenters. The highest BCUT2D eigenvalue weighted by Gasteiger charge is 2.20. The highest BCUT2D eigenvalue weighted by atomic mass is 16.6. The Balaban J connectivity index is 3.93. The van der Waals surface area contributed by atoms with Gasteiger partial charge in [-0.05, 0) is 12.8 Å². The fourth-order valence-electron chi connectivity index (χ4n) is 1.55. The van der Waals surface area contributed by atoms with Gasteiger partial charge in [-0.2, -0.15) is 0 Å². The third-order valence-electron chi connectivity index (χ3n) is 2.87. The van der Waals surface area contributed by atoms with Crippen LogP contribution in [0.25, 0.3) is 0 Å². The summed E-state index contributed by atoms with van der Waals surface area (Å²) in [6.45, 7) is 5.46. The van der Waals surface area contributed by atoms with Crippen LogP contribution in [0, 0.1) is 22.0 Å². The van der Waals surface area contributed by atoms with Crippen molar-refractivity contribution >= 4 is 11.8 Å². The standard InChI is InChI=1S/C12H21NO5/c1-4-18-12(15)6-5-11(14)7-9(2)10(3)8-13(16)17/h9-10H,4-8H2,1-3H3. The second kappa shape index (κ2) is 8.60. The molecule has 0 aliphatic heterocycles. The summed E-state index contributed by atoms with van der Waals surface area (Å²) in [6.07, 6.45) is 0.506. The molecule has 0 saturated heterocycles. The summed E-state index contributed by atoms with van der Waals surface area (Å²) in [7, 11) is 0. The van der Waals surface area contributed by atoms with Gasteiger partial charge >= 0.3 is 5.97 Å². The Labute approximate surface area is 107 Å². The summed E-state index contributed by atoms with van der Waals surface area (Å²) in [6, 6.07) is 0. The third kappa shape index (κ3) is 7.76. The SMILES string of the molecule is CCOC(=O)CCC(=O)CC(C)C(C)C[N+](=O)[O-]. The van der Waals surface area contributed by atoms with Crippen LogP contribution >= 0.6 is 0 Å². The number of nitro groups is 1. The average Bonchev–Trinajstić information content (AvgIpc) is 2.25. The predicted molar refractivity (Wildman–Crippen MR) is 65.7 cm³/mol. The zero-order valence-electron chi connectivity index (χ0n) is 11.2. The lowest BCUT2D eigenvalue weighted by molar-refractivity contribution is -0.489. The number of rotatable bonds is 9. The lowest BCUT2D eigenvalue weighted by Gasteiger charge is -2.15. The molecular weight excluding hydrogens is 238 g/mol. The van der Waals surface area contributed by atoms with E-state index in [9.17, 15) is 19.7 Å². The average molecular weight is 259 g/mol. The fourth-order valence-corrected chi connectivity index (χ4v) is 1.55. The highest BCUT2D eigenvalue weighted by Crippen LogP contribution is 2.17. The maximum atomic E-state index is 11.6. The van der Waals surface area contributed by atoms with Crippen LogP contribution in [0.1, 0.15) is 40.0 Å². The molecule has 0 amide bonds. The molecule has 0 fully saturated rings. The number of Topliss-reactive ketones (excluding diaryl/α,β-unsaturated/α-hetero) is 1. The number of ether oxygens (including phenoxy) is 1. The van der Waals surface area contributed by atoms with E-state index in [4.69, 9.17) is 4.74 Å². The lowest BCUT2D eigenvalue weighted by atomic mass is 9.90.